The van der Waals surface area contributed by atoms with Gasteiger partial charge in [-0.25, -0.2) is 14.4 Å². The van der Waals surface area contributed by atoms with Crippen LogP contribution in [0.4, 0.5) is 4.39 Å². The number of nitrogens with zero attached hydrogens (tertiary/aromatic N) is 3. The fourth-order valence-corrected chi connectivity index (χ4v) is 2.38. The summed E-state index contributed by atoms with van der Waals surface area (Å²) in [6, 6.07) is 0. The number of rotatable bonds is 3. The molecule has 2 aromatic rings. The van der Waals surface area contributed by atoms with Gasteiger partial charge in [0.15, 0.2) is 17.4 Å². The second-order valence-electron chi connectivity index (χ2n) is 4.80. The lowest BCUT2D eigenvalue weighted by Gasteiger charge is -2.16. The van der Waals surface area contributed by atoms with Crippen molar-refractivity contribution in [1.29, 1.82) is 0 Å². The van der Waals surface area contributed by atoms with Gasteiger partial charge in [0.25, 0.3) is 5.56 Å². The number of H-pyrrole nitrogens is 1. The highest BCUT2D eigenvalue weighted by Gasteiger charge is 2.44. The summed E-state index contributed by atoms with van der Waals surface area (Å²) in [7, 11) is 0. The fraction of sp³-hybridized carbons (Fsp3) is 0.417. The topological polar surface area (TPSA) is 133 Å². The Balaban J connectivity index is 2.10. The molecule has 9 nitrogen and oxygen atoms in total. The van der Waals surface area contributed by atoms with Crippen molar-refractivity contribution in [1.82, 2.24) is 19.5 Å². The highest BCUT2D eigenvalue weighted by Crippen LogP contribution is 2.30. The van der Waals surface area contributed by atoms with E-state index in [0.29, 0.717) is 0 Å². The molecule has 3 heterocycles. The lowest BCUT2D eigenvalue weighted by Crippen LogP contribution is -2.33. The average molecular weight is 312 g/mol. The third-order valence-electron chi connectivity index (χ3n) is 3.46. The molecule has 4 N–H and O–H groups in total. The first-order valence-corrected chi connectivity index (χ1v) is 6.43. The molecule has 2 aromatic heterocycles. The van der Waals surface area contributed by atoms with E-state index in [0.717, 1.165) is 6.08 Å². The van der Waals surface area contributed by atoms with E-state index in [1.807, 2.05) is 0 Å². The van der Waals surface area contributed by atoms with Gasteiger partial charge in [-0.3, -0.25) is 9.36 Å². The first-order chi connectivity index (χ1) is 10.6. The summed E-state index contributed by atoms with van der Waals surface area (Å²) in [5.41, 5.74) is -0.538. The van der Waals surface area contributed by atoms with E-state index < -0.39 is 36.7 Å². The quantitative estimate of drug-likeness (QED) is 0.552. The molecule has 1 aliphatic rings. The minimum Gasteiger partial charge on any atom is -0.394 e. The van der Waals surface area contributed by atoms with Crippen LogP contribution >= 0.6 is 0 Å². The van der Waals surface area contributed by atoms with Gasteiger partial charge in [0.05, 0.1) is 19.3 Å². The first-order valence-electron chi connectivity index (χ1n) is 6.43. The van der Waals surface area contributed by atoms with Gasteiger partial charge in [-0.2, -0.15) is 0 Å². The van der Waals surface area contributed by atoms with Crippen molar-refractivity contribution in [2.24, 2.45) is 0 Å². The van der Waals surface area contributed by atoms with Gasteiger partial charge in [-0.05, 0) is 0 Å². The van der Waals surface area contributed by atoms with E-state index in [9.17, 15) is 19.4 Å². The smallest absolute Gasteiger partial charge is 0.279 e. The number of aliphatic hydroxyl groups excluding tert-OH is 3. The Kier molecular flexibility index (Phi) is 3.74. The number of ether oxygens (including phenoxy) is 1. The molecule has 0 radical (unpaired) electrons. The summed E-state index contributed by atoms with van der Waals surface area (Å²) in [6.07, 6.45) is -2.28. The Hall–Kier alpha value is -2.14. The second kappa shape index (κ2) is 5.57. The third-order valence-corrected chi connectivity index (χ3v) is 3.46. The largest absolute Gasteiger partial charge is 0.394 e. The number of fused-ring (bicyclic) bond motifs is 1. The average Bonchev–Trinajstić information content (AvgIpc) is 3.03. The number of halogens is 1. The minimum absolute atomic E-state index is 0.0197. The van der Waals surface area contributed by atoms with Gasteiger partial charge in [0, 0.05) is 6.08 Å². The molecule has 1 fully saturated rings. The Morgan fingerprint density at radius 3 is 2.86 bits per heavy atom. The maximum atomic E-state index is 12.3. The molecule has 4 unspecified atom stereocenters. The standard InChI is InChI=1S/C12H13FN4O5/c13-2-1-6-15-10-7(11(21)16-6)14-4-17(10)12-9(20)8(19)5(3-18)22-12/h1-2,4-5,8-9,12,18-20H,3H2,(H,15,16,21). The molecule has 0 aromatic carbocycles. The maximum Gasteiger partial charge on any atom is 0.279 e. The summed E-state index contributed by atoms with van der Waals surface area (Å²) >= 11 is 0. The SMILES string of the molecule is O=c1[nH]c(C=CF)nc2c1ncn2C1OC(CO)C(O)C1O. The van der Waals surface area contributed by atoms with Crippen molar-refractivity contribution in [2.75, 3.05) is 6.61 Å². The fourth-order valence-electron chi connectivity index (χ4n) is 2.38. The molecule has 4 atom stereocenters. The Labute approximate surface area is 122 Å². The molecule has 10 heteroatoms. The number of imidazole rings is 1. The van der Waals surface area contributed by atoms with Gasteiger partial charge in [-0.1, -0.05) is 0 Å². The summed E-state index contributed by atoms with van der Waals surface area (Å²) < 4.78 is 18.9. The van der Waals surface area contributed by atoms with Crippen molar-refractivity contribution < 1.29 is 24.4 Å². The first kappa shape index (κ1) is 14.8. The lowest BCUT2D eigenvalue weighted by molar-refractivity contribution is -0.0511. The van der Waals surface area contributed by atoms with Crippen LogP contribution < -0.4 is 5.56 Å². The molecular weight excluding hydrogens is 299 g/mol. The third kappa shape index (κ3) is 2.22. The summed E-state index contributed by atoms with van der Waals surface area (Å²) in [5.74, 6) is -0.0338. The molecule has 0 saturated carbocycles. The van der Waals surface area contributed by atoms with Crippen LogP contribution in [-0.2, 0) is 4.74 Å². The Morgan fingerprint density at radius 1 is 1.45 bits per heavy atom. The van der Waals surface area contributed by atoms with E-state index in [4.69, 9.17) is 9.84 Å². The van der Waals surface area contributed by atoms with Crippen molar-refractivity contribution in [3.05, 3.63) is 28.8 Å². The number of hydrogen-bond acceptors (Lipinski definition) is 7. The van der Waals surface area contributed by atoms with Crippen molar-refractivity contribution in [2.45, 2.75) is 24.5 Å². The van der Waals surface area contributed by atoms with Gasteiger partial charge >= 0.3 is 0 Å². The van der Waals surface area contributed by atoms with Gasteiger partial charge in [-0.15, -0.1) is 0 Å². The predicted octanol–water partition coefficient (Wildman–Crippen LogP) is -1.33. The zero-order valence-corrected chi connectivity index (χ0v) is 11.1. The van der Waals surface area contributed by atoms with E-state index in [-0.39, 0.29) is 23.3 Å². The van der Waals surface area contributed by atoms with Gasteiger partial charge in [0.1, 0.15) is 24.1 Å². The van der Waals surface area contributed by atoms with Crippen LogP contribution in [0.5, 0.6) is 0 Å². The van der Waals surface area contributed by atoms with Crippen molar-refractivity contribution >= 4 is 17.2 Å². The zero-order chi connectivity index (χ0) is 15.9. The summed E-state index contributed by atoms with van der Waals surface area (Å²) in [6.45, 7) is -0.481. The van der Waals surface area contributed by atoms with Crippen molar-refractivity contribution in [3.63, 3.8) is 0 Å². The second-order valence-corrected chi connectivity index (χ2v) is 4.80. The molecule has 22 heavy (non-hydrogen) atoms. The molecular formula is C12H13FN4O5. The molecule has 0 amide bonds. The van der Waals surface area contributed by atoms with Crippen LogP contribution in [0.2, 0.25) is 0 Å². The molecule has 3 rings (SSSR count). The molecule has 0 bridgehead atoms. The number of aromatic amines is 1. The number of aliphatic hydroxyl groups is 3. The minimum atomic E-state index is -1.34. The van der Waals surface area contributed by atoms with Crippen LogP contribution in [-0.4, -0.2) is 59.8 Å². The van der Waals surface area contributed by atoms with Gasteiger partial charge in [0.2, 0.25) is 0 Å². The van der Waals surface area contributed by atoms with Crippen LogP contribution in [0.25, 0.3) is 17.2 Å². The van der Waals surface area contributed by atoms with E-state index in [1.54, 1.807) is 0 Å². The van der Waals surface area contributed by atoms with E-state index >= 15 is 0 Å². The molecule has 118 valence electrons. The zero-order valence-electron chi connectivity index (χ0n) is 11.1. The Bertz CT molecular complexity index is 772. The maximum absolute atomic E-state index is 12.3. The Morgan fingerprint density at radius 2 is 2.23 bits per heavy atom. The van der Waals surface area contributed by atoms with Crippen molar-refractivity contribution in [3.8, 4) is 0 Å². The molecule has 1 saturated heterocycles. The normalized spacial score (nSPS) is 28.9. The number of nitrogens with one attached hydrogen (secondary N) is 1. The molecule has 0 spiro atoms. The van der Waals surface area contributed by atoms with Crippen LogP contribution in [0, 0.1) is 0 Å². The van der Waals surface area contributed by atoms with E-state index in [2.05, 4.69) is 15.0 Å². The van der Waals surface area contributed by atoms with Crippen LogP contribution in [0.3, 0.4) is 0 Å². The predicted molar refractivity (Wildman–Crippen MR) is 71.3 cm³/mol. The summed E-state index contributed by atoms with van der Waals surface area (Å²) in [4.78, 5) is 22.1. The number of hydrogen-bond donors (Lipinski definition) is 4. The monoisotopic (exact) mass is 312 g/mol. The lowest BCUT2D eigenvalue weighted by atomic mass is 10.1. The molecule has 0 aliphatic carbocycles. The van der Waals surface area contributed by atoms with Gasteiger partial charge < -0.3 is 25.0 Å². The van der Waals surface area contributed by atoms with Crippen LogP contribution in [0.1, 0.15) is 12.1 Å². The van der Waals surface area contributed by atoms with Crippen LogP contribution in [0.15, 0.2) is 17.5 Å². The highest BCUT2D eigenvalue weighted by molar-refractivity contribution is 5.70. The molecule has 1 aliphatic heterocycles. The summed E-state index contributed by atoms with van der Waals surface area (Å²) in [5, 5.41) is 28.9. The number of aromatic nitrogens is 4. The highest BCUT2D eigenvalue weighted by atomic mass is 19.1. The van der Waals surface area contributed by atoms with E-state index in [1.165, 1.54) is 10.9 Å².